The molecular formula is C10H14N2O2. The number of rotatable bonds is 1. The lowest BCUT2D eigenvalue weighted by atomic mass is 10.2. The van der Waals surface area contributed by atoms with Crippen LogP contribution >= 0.6 is 0 Å². The van der Waals surface area contributed by atoms with Gasteiger partial charge >= 0.3 is 0 Å². The molecule has 4 nitrogen and oxygen atoms in total. The highest BCUT2D eigenvalue weighted by molar-refractivity contribution is 6.19. The SMILES string of the molecule is CC1=C(C)C(=O)N(C2CCNC2)C1=O. The number of hydrogen-bond acceptors (Lipinski definition) is 3. The second kappa shape index (κ2) is 3.20. The van der Waals surface area contributed by atoms with Crippen molar-refractivity contribution in [1.29, 1.82) is 0 Å². The maximum Gasteiger partial charge on any atom is 0.257 e. The molecule has 1 unspecified atom stereocenters. The minimum Gasteiger partial charge on any atom is -0.315 e. The van der Waals surface area contributed by atoms with E-state index in [0.29, 0.717) is 11.1 Å². The van der Waals surface area contributed by atoms with Gasteiger partial charge in [0.05, 0.1) is 6.04 Å². The van der Waals surface area contributed by atoms with E-state index in [1.165, 1.54) is 4.90 Å². The van der Waals surface area contributed by atoms with Crippen LogP contribution in [0.4, 0.5) is 0 Å². The molecule has 1 saturated heterocycles. The first kappa shape index (κ1) is 9.40. The van der Waals surface area contributed by atoms with Crippen LogP contribution in [0, 0.1) is 0 Å². The number of amides is 2. The summed E-state index contributed by atoms with van der Waals surface area (Å²) in [5, 5.41) is 3.16. The second-order valence-corrected chi connectivity index (χ2v) is 3.88. The number of hydrogen-bond donors (Lipinski definition) is 1. The monoisotopic (exact) mass is 194 g/mol. The third-order valence-electron chi connectivity index (χ3n) is 3.04. The fourth-order valence-electron chi connectivity index (χ4n) is 1.97. The molecule has 0 bridgehead atoms. The van der Waals surface area contributed by atoms with Crippen LogP contribution in [0.15, 0.2) is 11.1 Å². The van der Waals surface area contributed by atoms with Gasteiger partial charge in [-0.05, 0) is 26.8 Å². The summed E-state index contributed by atoms with van der Waals surface area (Å²) in [7, 11) is 0. The van der Waals surface area contributed by atoms with Crippen molar-refractivity contribution in [1.82, 2.24) is 10.2 Å². The summed E-state index contributed by atoms with van der Waals surface area (Å²) < 4.78 is 0. The van der Waals surface area contributed by atoms with Gasteiger partial charge in [0.1, 0.15) is 0 Å². The Labute approximate surface area is 83.0 Å². The zero-order valence-corrected chi connectivity index (χ0v) is 8.46. The zero-order chi connectivity index (χ0) is 10.3. The van der Waals surface area contributed by atoms with Crippen LogP contribution in [0.1, 0.15) is 20.3 Å². The van der Waals surface area contributed by atoms with E-state index in [0.717, 1.165) is 19.5 Å². The molecule has 0 aromatic carbocycles. The van der Waals surface area contributed by atoms with Gasteiger partial charge in [0.25, 0.3) is 11.8 Å². The average molecular weight is 194 g/mol. The van der Waals surface area contributed by atoms with Gasteiger partial charge in [-0.1, -0.05) is 0 Å². The van der Waals surface area contributed by atoms with Crippen LogP contribution < -0.4 is 5.32 Å². The number of carbonyl (C=O) groups excluding carboxylic acids is 2. The maximum absolute atomic E-state index is 11.7. The zero-order valence-electron chi connectivity index (χ0n) is 8.46. The molecule has 76 valence electrons. The number of carbonyl (C=O) groups is 2. The first-order valence-corrected chi connectivity index (χ1v) is 4.89. The van der Waals surface area contributed by atoms with Gasteiger partial charge < -0.3 is 5.32 Å². The van der Waals surface area contributed by atoms with E-state index >= 15 is 0 Å². The summed E-state index contributed by atoms with van der Waals surface area (Å²) in [6.07, 6.45) is 0.873. The molecule has 4 heteroatoms. The topological polar surface area (TPSA) is 49.4 Å². The molecule has 0 saturated carbocycles. The van der Waals surface area contributed by atoms with Gasteiger partial charge in [-0.3, -0.25) is 14.5 Å². The van der Waals surface area contributed by atoms with E-state index in [1.54, 1.807) is 13.8 Å². The van der Waals surface area contributed by atoms with Gasteiger partial charge in [0, 0.05) is 17.7 Å². The Morgan fingerprint density at radius 2 is 1.79 bits per heavy atom. The highest BCUT2D eigenvalue weighted by atomic mass is 16.2. The van der Waals surface area contributed by atoms with E-state index in [9.17, 15) is 9.59 Å². The molecule has 1 atom stereocenters. The normalized spacial score (nSPS) is 28.1. The molecule has 2 aliphatic heterocycles. The third-order valence-corrected chi connectivity index (χ3v) is 3.04. The lowest BCUT2D eigenvalue weighted by Gasteiger charge is -2.21. The van der Waals surface area contributed by atoms with Crippen LogP contribution in [-0.4, -0.2) is 35.8 Å². The van der Waals surface area contributed by atoms with Crippen molar-refractivity contribution in [2.45, 2.75) is 26.3 Å². The second-order valence-electron chi connectivity index (χ2n) is 3.88. The van der Waals surface area contributed by atoms with E-state index in [4.69, 9.17) is 0 Å². The first-order valence-electron chi connectivity index (χ1n) is 4.89. The Bertz CT molecular complexity index is 303. The van der Waals surface area contributed by atoms with Crippen LogP contribution in [0.5, 0.6) is 0 Å². The van der Waals surface area contributed by atoms with Crippen LogP contribution in [0.25, 0.3) is 0 Å². The Morgan fingerprint density at radius 3 is 2.21 bits per heavy atom. The van der Waals surface area contributed by atoms with Crippen molar-refractivity contribution in [3.63, 3.8) is 0 Å². The van der Waals surface area contributed by atoms with Crippen molar-refractivity contribution in [2.75, 3.05) is 13.1 Å². The lowest BCUT2D eigenvalue weighted by Crippen LogP contribution is -2.42. The number of nitrogens with zero attached hydrogens (tertiary/aromatic N) is 1. The lowest BCUT2D eigenvalue weighted by molar-refractivity contribution is -0.139. The fraction of sp³-hybridized carbons (Fsp3) is 0.600. The van der Waals surface area contributed by atoms with Crippen LogP contribution in [-0.2, 0) is 9.59 Å². The molecule has 2 rings (SSSR count). The van der Waals surface area contributed by atoms with Crippen molar-refractivity contribution >= 4 is 11.8 Å². The Balaban J connectivity index is 2.24. The standard InChI is InChI=1S/C10H14N2O2/c1-6-7(2)10(14)12(9(6)13)8-3-4-11-5-8/h8,11H,3-5H2,1-2H3. The fourth-order valence-corrected chi connectivity index (χ4v) is 1.97. The molecule has 2 heterocycles. The summed E-state index contributed by atoms with van der Waals surface area (Å²) in [5.41, 5.74) is 1.20. The molecule has 0 spiro atoms. The molecule has 0 aromatic heterocycles. The first-order chi connectivity index (χ1) is 6.63. The quantitative estimate of drug-likeness (QED) is 0.600. The largest absolute Gasteiger partial charge is 0.315 e. The molecule has 1 N–H and O–H groups in total. The van der Waals surface area contributed by atoms with Crippen molar-refractivity contribution in [3.8, 4) is 0 Å². The molecule has 0 radical (unpaired) electrons. The van der Waals surface area contributed by atoms with E-state index < -0.39 is 0 Å². The van der Waals surface area contributed by atoms with Crippen LogP contribution in [0.3, 0.4) is 0 Å². The minimum absolute atomic E-state index is 0.0578. The molecule has 2 aliphatic rings. The average Bonchev–Trinajstić information content (AvgIpc) is 2.73. The Morgan fingerprint density at radius 1 is 1.21 bits per heavy atom. The van der Waals surface area contributed by atoms with Gasteiger partial charge in [0.2, 0.25) is 0 Å². The molecule has 14 heavy (non-hydrogen) atoms. The third kappa shape index (κ3) is 1.18. The van der Waals surface area contributed by atoms with Crippen molar-refractivity contribution < 1.29 is 9.59 Å². The summed E-state index contributed by atoms with van der Waals surface area (Å²) in [6.45, 7) is 5.06. The molecule has 0 aromatic rings. The Kier molecular flexibility index (Phi) is 2.15. The highest BCUT2D eigenvalue weighted by Crippen LogP contribution is 2.24. The smallest absolute Gasteiger partial charge is 0.257 e. The number of nitrogens with one attached hydrogen (secondary N) is 1. The summed E-state index contributed by atoms with van der Waals surface area (Å²) in [6, 6.07) is 0.0578. The molecule has 2 amide bonds. The Hall–Kier alpha value is -1.16. The van der Waals surface area contributed by atoms with Gasteiger partial charge in [-0.15, -0.1) is 0 Å². The highest BCUT2D eigenvalue weighted by Gasteiger charge is 2.38. The predicted octanol–water partition coefficient (Wildman–Crippen LogP) is 0.0535. The molecule has 0 aliphatic carbocycles. The molecular weight excluding hydrogens is 180 g/mol. The van der Waals surface area contributed by atoms with E-state index in [1.807, 2.05) is 0 Å². The van der Waals surface area contributed by atoms with Gasteiger partial charge in [-0.2, -0.15) is 0 Å². The van der Waals surface area contributed by atoms with Crippen molar-refractivity contribution in [3.05, 3.63) is 11.1 Å². The van der Waals surface area contributed by atoms with Gasteiger partial charge in [0.15, 0.2) is 0 Å². The summed E-state index contributed by atoms with van der Waals surface area (Å²) in [4.78, 5) is 24.9. The number of imide groups is 1. The van der Waals surface area contributed by atoms with Crippen LogP contribution in [0.2, 0.25) is 0 Å². The summed E-state index contributed by atoms with van der Waals surface area (Å²) >= 11 is 0. The predicted molar refractivity (Wildman–Crippen MR) is 51.5 cm³/mol. The van der Waals surface area contributed by atoms with E-state index in [2.05, 4.69) is 5.32 Å². The van der Waals surface area contributed by atoms with E-state index in [-0.39, 0.29) is 17.9 Å². The summed E-state index contributed by atoms with van der Waals surface area (Å²) in [5.74, 6) is -0.220. The molecule has 1 fully saturated rings. The maximum atomic E-state index is 11.7. The minimum atomic E-state index is -0.110. The van der Waals surface area contributed by atoms with Gasteiger partial charge in [-0.25, -0.2) is 0 Å². The van der Waals surface area contributed by atoms with Crippen molar-refractivity contribution in [2.24, 2.45) is 0 Å².